The van der Waals surface area contributed by atoms with Crippen LogP contribution in [0.25, 0.3) is 0 Å². The molecule has 1 heterocycles. The van der Waals surface area contributed by atoms with Gasteiger partial charge in [0.1, 0.15) is 11.9 Å². The Morgan fingerprint density at radius 3 is 2.85 bits per heavy atom. The van der Waals surface area contributed by atoms with E-state index >= 15 is 0 Å². The summed E-state index contributed by atoms with van der Waals surface area (Å²) in [6, 6.07) is 11.6. The quantitative estimate of drug-likeness (QED) is 0.903. The van der Waals surface area contributed by atoms with Crippen LogP contribution < -0.4 is 4.74 Å². The number of para-hydroxylation sites is 1. The Morgan fingerprint density at radius 2 is 2.05 bits per heavy atom. The maximum Gasteiger partial charge on any atom is 0.128 e. The third-order valence-electron chi connectivity index (χ3n) is 3.71. The third-order valence-corrected chi connectivity index (χ3v) is 4.04. The van der Waals surface area contributed by atoms with Crippen LogP contribution in [0.15, 0.2) is 36.4 Å². The third kappa shape index (κ3) is 2.41. The predicted molar refractivity (Wildman–Crippen MR) is 80.5 cm³/mol. The average Bonchev–Trinajstić information content (AvgIpc) is 2.46. The van der Waals surface area contributed by atoms with Crippen molar-refractivity contribution >= 4 is 11.6 Å². The van der Waals surface area contributed by atoms with Gasteiger partial charge in [-0.15, -0.1) is 0 Å². The smallest absolute Gasteiger partial charge is 0.128 e. The molecule has 0 spiro atoms. The number of hydrogen-bond donors (Lipinski definition) is 1. The Bertz CT molecular complexity index is 637. The van der Waals surface area contributed by atoms with Crippen LogP contribution in [0.1, 0.15) is 34.8 Å². The van der Waals surface area contributed by atoms with Gasteiger partial charge in [0.25, 0.3) is 0 Å². The molecule has 0 saturated heterocycles. The van der Waals surface area contributed by atoms with Crippen LogP contribution in [0.5, 0.6) is 5.75 Å². The predicted octanol–water partition coefficient (Wildman–Crippen LogP) is 4.06. The standard InChI is InChI=1S/C17H17ClO2/c1-11-7-8-13(15(18)10-11)16(19)14-6-2-4-12-5-3-9-20-17(12)14/h2,4,6-8,10,16,19H,3,5,9H2,1H3. The van der Waals surface area contributed by atoms with Gasteiger partial charge < -0.3 is 9.84 Å². The number of aliphatic hydroxyl groups excluding tert-OH is 1. The van der Waals surface area contributed by atoms with E-state index in [0.29, 0.717) is 11.6 Å². The Hall–Kier alpha value is -1.51. The number of ether oxygens (including phenoxy) is 1. The largest absolute Gasteiger partial charge is 0.493 e. The van der Waals surface area contributed by atoms with Crippen molar-refractivity contribution in [2.75, 3.05) is 6.61 Å². The SMILES string of the molecule is Cc1ccc(C(O)c2cccc3c2OCCC3)c(Cl)c1. The number of aryl methyl sites for hydroxylation is 2. The van der Waals surface area contributed by atoms with Gasteiger partial charge in [-0.05, 0) is 37.0 Å². The van der Waals surface area contributed by atoms with Crippen molar-refractivity contribution in [2.24, 2.45) is 0 Å². The maximum atomic E-state index is 10.7. The highest BCUT2D eigenvalue weighted by Crippen LogP contribution is 2.37. The lowest BCUT2D eigenvalue weighted by molar-refractivity contribution is 0.207. The number of aliphatic hydroxyl groups is 1. The molecule has 2 aromatic carbocycles. The summed E-state index contributed by atoms with van der Waals surface area (Å²) >= 11 is 6.26. The Labute approximate surface area is 124 Å². The van der Waals surface area contributed by atoms with E-state index in [1.807, 2.05) is 37.3 Å². The van der Waals surface area contributed by atoms with Gasteiger partial charge in [0.05, 0.1) is 6.61 Å². The zero-order valence-corrected chi connectivity index (χ0v) is 12.2. The molecule has 0 saturated carbocycles. The molecule has 0 aromatic heterocycles. The van der Waals surface area contributed by atoms with Crippen molar-refractivity contribution in [1.29, 1.82) is 0 Å². The first-order valence-electron chi connectivity index (χ1n) is 6.85. The number of halogens is 1. The summed E-state index contributed by atoms with van der Waals surface area (Å²) in [4.78, 5) is 0. The van der Waals surface area contributed by atoms with E-state index in [0.717, 1.165) is 40.8 Å². The van der Waals surface area contributed by atoms with Crippen molar-refractivity contribution in [3.8, 4) is 5.75 Å². The van der Waals surface area contributed by atoms with Crippen LogP contribution in [0.2, 0.25) is 5.02 Å². The fraction of sp³-hybridized carbons (Fsp3) is 0.294. The molecule has 1 N–H and O–H groups in total. The first kappa shape index (κ1) is 13.5. The van der Waals surface area contributed by atoms with Gasteiger partial charge in [0.15, 0.2) is 0 Å². The highest BCUT2D eigenvalue weighted by molar-refractivity contribution is 6.31. The molecular formula is C17H17ClO2. The van der Waals surface area contributed by atoms with Crippen molar-refractivity contribution in [1.82, 2.24) is 0 Å². The van der Waals surface area contributed by atoms with Crippen LogP contribution in [-0.4, -0.2) is 11.7 Å². The van der Waals surface area contributed by atoms with Crippen LogP contribution in [0, 0.1) is 6.92 Å². The van der Waals surface area contributed by atoms with E-state index in [-0.39, 0.29) is 0 Å². The van der Waals surface area contributed by atoms with E-state index in [1.165, 1.54) is 0 Å². The fourth-order valence-electron chi connectivity index (χ4n) is 2.65. The second-order valence-electron chi connectivity index (χ2n) is 5.22. The first-order chi connectivity index (χ1) is 9.66. The number of benzene rings is 2. The molecule has 1 atom stereocenters. The summed E-state index contributed by atoms with van der Waals surface area (Å²) in [5.74, 6) is 0.822. The van der Waals surface area contributed by atoms with Gasteiger partial charge in [-0.2, -0.15) is 0 Å². The van der Waals surface area contributed by atoms with E-state index in [4.69, 9.17) is 16.3 Å². The summed E-state index contributed by atoms with van der Waals surface area (Å²) in [5, 5.41) is 11.2. The summed E-state index contributed by atoms with van der Waals surface area (Å²) in [5.41, 5.74) is 3.76. The average molecular weight is 289 g/mol. The highest BCUT2D eigenvalue weighted by atomic mass is 35.5. The van der Waals surface area contributed by atoms with Gasteiger partial charge >= 0.3 is 0 Å². The molecule has 3 rings (SSSR count). The minimum absolute atomic E-state index is 0.589. The van der Waals surface area contributed by atoms with Crippen LogP contribution >= 0.6 is 11.6 Å². The minimum Gasteiger partial charge on any atom is -0.493 e. The van der Waals surface area contributed by atoms with Crippen LogP contribution in [0.3, 0.4) is 0 Å². The van der Waals surface area contributed by atoms with Gasteiger partial charge in [0, 0.05) is 16.1 Å². The topological polar surface area (TPSA) is 29.5 Å². The van der Waals surface area contributed by atoms with Crippen LogP contribution in [-0.2, 0) is 6.42 Å². The van der Waals surface area contributed by atoms with E-state index in [2.05, 4.69) is 6.07 Å². The van der Waals surface area contributed by atoms with Gasteiger partial charge in [-0.3, -0.25) is 0 Å². The zero-order chi connectivity index (χ0) is 14.1. The molecule has 0 radical (unpaired) electrons. The zero-order valence-electron chi connectivity index (χ0n) is 11.4. The molecule has 1 unspecified atom stereocenters. The summed E-state index contributed by atoms with van der Waals surface area (Å²) < 4.78 is 5.76. The molecule has 0 fully saturated rings. The normalized spacial score (nSPS) is 15.3. The fourth-order valence-corrected chi connectivity index (χ4v) is 2.99. The lowest BCUT2D eigenvalue weighted by Gasteiger charge is -2.23. The molecule has 0 amide bonds. The van der Waals surface area contributed by atoms with Crippen molar-refractivity contribution in [3.05, 3.63) is 63.7 Å². The second-order valence-corrected chi connectivity index (χ2v) is 5.62. The van der Waals surface area contributed by atoms with E-state index in [1.54, 1.807) is 0 Å². The Morgan fingerprint density at radius 1 is 1.20 bits per heavy atom. The van der Waals surface area contributed by atoms with Gasteiger partial charge in [-0.25, -0.2) is 0 Å². The van der Waals surface area contributed by atoms with Crippen LogP contribution in [0.4, 0.5) is 0 Å². The lowest BCUT2D eigenvalue weighted by Crippen LogP contribution is -2.12. The van der Waals surface area contributed by atoms with Gasteiger partial charge in [0.2, 0.25) is 0 Å². The monoisotopic (exact) mass is 288 g/mol. The Kier molecular flexibility index (Phi) is 3.68. The van der Waals surface area contributed by atoms with Gasteiger partial charge in [-0.1, -0.05) is 41.9 Å². The molecule has 20 heavy (non-hydrogen) atoms. The molecule has 104 valence electrons. The van der Waals surface area contributed by atoms with Crippen molar-refractivity contribution < 1.29 is 9.84 Å². The molecule has 2 aromatic rings. The first-order valence-corrected chi connectivity index (χ1v) is 7.23. The highest BCUT2D eigenvalue weighted by Gasteiger charge is 2.22. The molecule has 0 aliphatic carbocycles. The molecule has 1 aliphatic rings. The summed E-state index contributed by atoms with van der Waals surface area (Å²) in [7, 11) is 0. The molecule has 3 heteroatoms. The van der Waals surface area contributed by atoms with E-state index in [9.17, 15) is 5.11 Å². The molecule has 2 nitrogen and oxygen atoms in total. The van der Waals surface area contributed by atoms with E-state index < -0.39 is 6.10 Å². The maximum absolute atomic E-state index is 10.7. The number of hydrogen-bond acceptors (Lipinski definition) is 2. The number of fused-ring (bicyclic) bond motifs is 1. The van der Waals surface area contributed by atoms with Crippen molar-refractivity contribution in [3.63, 3.8) is 0 Å². The summed E-state index contributed by atoms with van der Waals surface area (Å²) in [6.45, 7) is 2.69. The molecule has 0 bridgehead atoms. The van der Waals surface area contributed by atoms with Crippen molar-refractivity contribution in [2.45, 2.75) is 25.9 Å². The number of rotatable bonds is 2. The Balaban J connectivity index is 2.04. The minimum atomic E-state index is -0.754. The molecular weight excluding hydrogens is 272 g/mol. The molecule has 1 aliphatic heterocycles. The summed E-state index contributed by atoms with van der Waals surface area (Å²) in [6.07, 6.45) is 1.27. The second kappa shape index (κ2) is 5.47. The lowest BCUT2D eigenvalue weighted by atomic mass is 9.95.